The van der Waals surface area contributed by atoms with Crippen LogP contribution in [0.15, 0.2) is 0 Å². The molecular formula is C9H15F2NO. The predicted octanol–water partition coefficient (Wildman–Crippen LogP) is 1.74. The third-order valence-corrected chi connectivity index (χ3v) is 2.39. The minimum absolute atomic E-state index is 0.122. The van der Waals surface area contributed by atoms with Gasteiger partial charge in [-0.3, -0.25) is 4.79 Å². The summed E-state index contributed by atoms with van der Waals surface area (Å²) < 4.78 is 26.6. The van der Waals surface area contributed by atoms with E-state index in [1.165, 1.54) is 13.8 Å². The molecule has 1 aliphatic rings. The van der Waals surface area contributed by atoms with E-state index in [4.69, 9.17) is 0 Å². The minimum Gasteiger partial charge on any atom is -0.301 e. The van der Waals surface area contributed by atoms with Crippen molar-refractivity contribution in [2.75, 3.05) is 0 Å². The first-order valence-electron chi connectivity index (χ1n) is 4.29. The number of piperidine rings is 1. The SMILES string of the molecule is CC1(C)CC(=O)C(F)(F)C(C)(C)N1. The van der Waals surface area contributed by atoms with Gasteiger partial charge in [-0.1, -0.05) is 0 Å². The predicted molar refractivity (Wildman–Crippen MR) is 45.9 cm³/mol. The molecule has 0 aromatic rings. The topological polar surface area (TPSA) is 29.1 Å². The first kappa shape index (κ1) is 10.6. The number of nitrogens with one attached hydrogen (secondary N) is 1. The Bertz CT molecular complexity index is 246. The summed E-state index contributed by atoms with van der Waals surface area (Å²) in [4.78, 5) is 11.2. The molecule has 4 heteroatoms. The van der Waals surface area contributed by atoms with Gasteiger partial charge in [0.2, 0.25) is 5.78 Å². The normalized spacial score (nSPS) is 30.2. The molecular weight excluding hydrogens is 176 g/mol. The van der Waals surface area contributed by atoms with Gasteiger partial charge in [0.05, 0.1) is 5.54 Å². The Balaban J connectivity index is 3.03. The van der Waals surface area contributed by atoms with Crippen LogP contribution in [-0.2, 0) is 4.79 Å². The lowest BCUT2D eigenvalue weighted by atomic mass is 9.79. The highest BCUT2D eigenvalue weighted by Gasteiger charge is 2.58. The average molecular weight is 191 g/mol. The number of Topliss-reactive ketones (excluding diaryl/α,β-unsaturated/α-hetero) is 1. The first-order valence-corrected chi connectivity index (χ1v) is 4.29. The molecule has 0 radical (unpaired) electrons. The highest BCUT2D eigenvalue weighted by Crippen LogP contribution is 2.37. The number of ketones is 1. The molecule has 0 saturated carbocycles. The van der Waals surface area contributed by atoms with Gasteiger partial charge in [-0.15, -0.1) is 0 Å². The fraction of sp³-hybridized carbons (Fsp3) is 0.889. The van der Waals surface area contributed by atoms with E-state index in [0.717, 1.165) is 0 Å². The summed E-state index contributed by atoms with van der Waals surface area (Å²) in [5, 5.41) is 2.78. The summed E-state index contributed by atoms with van der Waals surface area (Å²) >= 11 is 0. The zero-order chi connectivity index (χ0) is 10.5. The lowest BCUT2D eigenvalue weighted by Crippen LogP contribution is -2.69. The van der Waals surface area contributed by atoms with Gasteiger partial charge in [0.1, 0.15) is 0 Å². The van der Waals surface area contributed by atoms with Gasteiger partial charge in [0.15, 0.2) is 0 Å². The maximum absolute atomic E-state index is 13.3. The molecule has 76 valence electrons. The maximum Gasteiger partial charge on any atom is 0.322 e. The Kier molecular flexibility index (Phi) is 2.03. The molecule has 1 N–H and O–H groups in total. The Hall–Kier alpha value is -0.510. The van der Waals surface area contributed by atoms with Crippen molar-refractivity contribution in [3.8, 4) is 0 Å². The molecule has 1 rings (SSSR count). The van der Waals surface area contributed by atoms with Crippen LogP contribution in [0.4, 0.5) is 8.78 Å². The number of halogens is 2. The summed E-state index contributed by atoms with van der Waals surface area (Å²) in [5.74, 6) is -4.23. The summed E-state index contributed by atoms with van der Waals surface area (Å²) in [6.45, 7) is 6.21. The molecule has 13 heavy (non-hydrogen) atoms. The van der Waals surface area contributed by atoms with Crippen molar-refractivity contribution in [1.82, 2.24) is 5.32 Å². The second kappa shape index (κ2) is 2.50. The molecule has 0 aromatic carbocycles. The Morgan fingerprint density at radius 2 is 1.69 bits per heavy atom. The number of hydrogen-bond donors (Lipinski definition) is 1. The van der Waals surface area contributed by atoms with Crippen LogP contribution in [0.1, 0.15) is 34.1 Å². The monoisotopic (exact) mass is 191 g/mol. The number of carbonyl (C=O) groups excluding carboxylic acids is 1. The Labute approximate surface area is 76.7 Å². The van der Waals surface area contributed by atoms with E-state index in [0.29, 0.717) is 0 Å². The van der Waals surface area contributed by atoms with E-state index in [2.05, 4.69) is 5.32 Å². The molecule has 0 atom stereocenters. The van der Waals surface area contributed by atoms with E-state index in [1.54, 1.807) is 13.8 Å². The van der Waals surface area contributed by atoms with Crippen LogP contribution in [0.2, 0.25) is 0 Å². The van der Waals surface area contributed by atoms with Crippen molar-refractivity contribution in [2.24, 2.45) is 0 Å². The van der Waals surface area contributed by atoms with Crippen LogP contribution in [0.3, 0.4) is 0 Å². The lowest BCUT2D eigenvalue weighted by Gasteiger charge is -2.46. The van der Waals surface area contributed by atoms with E-state index < -0.39 is 22.8 Å². The molecule has 0 aromatic heterocycles. The van der Waals surface area contributed by atoms with Gasteiger partial charge in [0.25, 0.3) is 0 Å². The van der Waals surface area contributed by atoms with Crippen LogP contribution in [0, 0.1) is 0 Å². The van der Waals surface area contributed by atoms with Crippen molar-refractivity contribution in [3.05, 3.63) is 0 Å². The molecule has 0 aliphatic carbocycles. The van der Waals surface area contributed by atoms with Crippen LogP contribution in [0.5, 0.6) is 0 Å². The van der Waals surface area contributed by atoms with Gasteiger partial charge < -0.3 is 5.32 Å². The zero-order valence-electron chi connectivity index (χ0n) is 8.37. The third kappa shape index (κ3) is 1.59. The summed E-state index contributed by atoms with van der Waals surface area (Å²) in [7, 11) is 0. The highest BCUT2D eigenvalue weighted by atomic mass is 19.3. The Morgan fingerprint density at radius 1 is 1.23 bits per heavy atom. The summed E-state index contributed by atoms with van der Waals surface area (Å²) in [6.07, 6.45) is -0.122. The third-order valence-electron chi connectivity index (χ3n) is 2.39. The molecule has 1 saturated heterocycles. The van der Waals surface area contributed by atoms with E-state index in [9.17, 15) is 13.6 Å². The number of alkyl halides is 2. The summed E-state index contributed by atoms with van der Waals surface area (Å²) in [6, 6.07) is 0. The minimum atomic E-state index is -3.26. The first-order chi connectivity index (χ1) is 5.58. The molecule has 0 amide bonds. The van der Waals surface area contributed by atoms with Crippen LogP contribution >= 0.6 is 0 Å². The smallest absolute Gasteiger partial charge is 0.301 e. The second-order valence-corrected chi connectivity index (χ2v) is 4.81. The van der Waals surface area contributed by atoms with Gasteiger partial charge in [-0.05, 0) is 27.7 Å². The zero-order valence-corrected chi connectivity index (χ0v) is 8.37. The molecule has 2 nitrogen and oxygen atoms in total. The maximum atomic E-state index is 13.3. The van der Waals surface area contributed by atoms with Crippen molar-refractivity contribution >= 4 is 5.78 Å². The van der Waals surface area contributed by atoms with Gasteiger partial charge in [-0.25, -0.2) is 0 Å². The largest absolute Gasteiger partial charge is 0.322 e. The molecule has 1 aliphatic heterocycles. The molecule has 1 heterocycles. The fourth-order valence-electron chi connectivity index (χ4n) is 1.83. The highest BCUT2D eigenvalue weighted by molar-refractivity contribution is 5.89. The van der Waals surface area contributed by atoms with Crippen molar-refractivity contribution in [1.29, 1.82) is 0 Å². The van der Waals surface area contributed by atoms with E-state index >= 15 is 0 Å². The quantitative estimate of drug-likeness (QED) is 0.632. The van der Waals surface area contributed by atoms with Crippen LogP contribution in [0.25, 0.3) is 0 Å². The van der Waals surface area contributed by atoms with Crippen molar-refractivity contribution < 1.29 is 13.6 Å². The molecule has 0 unspecified atom stereocenters. The van der Waals surface area contributed by atoms with Crippen LogP contribution < -0.4 is 5.32 Å². The van der Waals surface area contributed by atoms with E-state index in [1.807, 2.05) is 0 Å². The number of hydrogen-bond acceptors (Lipinski definition) is 2. The van der Waals surface area contributed by atoms with Crippen LogP contribution in [-0.4, -0.2) is 22.8 Å². The second-order valence-electron chi connectivity index (χ2n) is 4.81. The van der Waals surface area contributed by atoms with Gasteiger partial charge in [-0.2, -0.15) is 8.78 Å². The Morgan fingerprint density at radius 3 is 2.08 bits per heavy atom. The number of rotatable bonds is 0. The number of carbonyl (C=O) groups is 1. The molecule has 0 bridgehead atoms. The standard InChI is InChI=1S/C9H15F2NO/c1-7(2)5-6(13)9(10,11)8(3,4)12-7/h12H,5H2,1-4H3. The molecule has 1 fully saturated rings. The van der Waals surface area contributed by atoms with Gasteiger partial charge in [0, 0.05) is 12.0 Å². The lowest BCUT2D eigenvalue weighted by molar-refractivity contribution is -0.165. The average Bonchev–Trinajstić information content (AvgIpc) is 1.80. The fourth-order valence-corrected chi connectivity index (χ4v) is 1.83. The van der Waals surface area contributed by atoms with Crippen molar-refractivity contribution in [3.63, 3.8) is 0 Å². The molecule has 0 spiro atoms. The summed E-state index contributed by atoms with van der Waals surface area (Å²) in [5.41, 5.74) is -1.99. The van der Waals surface area contributed by atoms with Gasteiger partial charge >= 0.3 is 5.92 Å². The van der Waals surface area contributed by atoms with Crippen molar-refractivity contribution in [2.45, 2.75) is 51.1 Å². The van der Waals surface area contributed by atoms with E-state index in [-0.39, 0.29) is 6.42 Å².